The number of amides is 2. The van der Waals surface area contributed by atoms with Crippen LogP contribution < -0.4 is 10.6 Å². The van der Waals surface area contributed by atoms with Crippen molar-refractivity contribution in [3.63, 3.8) is 0 Å². The van der Waals surface area contributed by atoms with Gasteiger partial charge in [-0.1, -0.05) is 0 Å². The van der Waals surface area contributed by atoms with Crippen molar-refractivity contribution in [2.75, 3.05) is 17.6 Å². The molecule has 0 unspecified atom stereocenters. The molecule has 3 rings (SSSR count). The maximum absolute atomic E-state index is 12.0. The van der Waals surface area contributed by atoms with Crippen LogP contribution in [0, 0.1) is 6.92 Å². The molecule has 2 aromatic heterocycles. The fraction of sp³-hybridized carbons (Fsp3) is 0.500. The van der Waals surface area contributed by atoms with E-state index in [1.54, 1.807) is 10.7 Å². The summed E-state index contributed by atoms with van der Waals surface area (Å²) in [4.78, 5) is 16.2. The van der Waals surface area contributed by atoms with Gasteiger partial charge in [0, 0.05) is 11.3 Å². The molecule has 1 atom stereocenters. The molecule has 1 saturated heterocycles. The fourth-order valence-electron chi connectivity index (χ4n) is 2.49. The number of nitrogens with zero attached hydrogens (tertiary/aromatic N) is 3. The second-order valence-electron chi connectivity index (χ2n) is 5.59. The highest BCUT2D eigenvalue weighted by molar-refractivity contribution is 8.00. The maximum Gasteiger partial charge on any atom is 0.319 e. The van der Waals surface area contributed by atoms with Gasteiger partial charge in [-0.25, -0.2) is 14.3 Å². The van der Waals surface area contributed by atoms with Gasteiger partial charge in [0.2, 0.25) is 0 Å². The second-order valence-corrected chi connectivity index (χ2v) is 7.27. The molecule has 0 saturated carbocycles. The highest BCUT2D eigenvalue weighted by atomic mass is 32.2. The van der Waals surface area contributed by atoms with Crippen molar-refractivity contribution in [2.45, 2.75) is 31.4 Å². The quantitative estimate of drug-likeness (QED) is 0.913. The Bertz CT molecular complexity index is 662. The summed E-state index contributed by atoms with van der Waals surface area (Å²) in [5.41, 5.74) is 1.47. The summed E-state index contributed by atoms with van der Waals surface area (Å²) in [6.45, 7) is 4.73. The Hall–Kier alpha value is -1.76. The van der Waals surface area contributed by atoms with E-state index in [0.717, 1.165) is 12.1 Å². The van der Waals surface area contributed by atoms with Gasteiger partial charge in [0.15, 0.2) is 5.65 Å². The maximum atomic E-state index is 12.0. The van der Waals surface area contributed by atoms with E-state index in [2.05, 4.69) is 27.6 Å². The monoisotopic (exact) mass is 305 g/mol. The summed E-state index contributed by atoms with van der Waals surface area (Å²) in [6.07, 6.45) is 4.15. The third-order valence-electron chi connectivity index (χ3n) is 3.62. The van der Waals surface area contributed by atoms with Gasteiger partial charge in [-0.05, 0) is 44.6 Å². The molecule has 7 heteroatoms. The second kappa shape index (κ2) is 5.55. The molecule has 2 amide bonds. The lowest BCUT2D eigenvalue weighted by Gasteiger charge is -2.22. The Kier molecular flexibility index (Phi) is 3.75. The van der Waals surface area contributed by atoms with Gasteiger partial charge in [0.1, 0.15) is 5.82 Å². The number of thioether (sulfide) groups is 1. The number of aromatic nitrogens is 3. The Morgan fingerprint density at radius 1 is 1.52 bits per heavy atom. The van der Waals surface area contributed by atoms with Crippen LogP contribution in [0.15, 0.2) is 18.3 Å². The first kappa shape index (κ1) is 14.2. The average Bonchev–Trinajstić information content (AvgIpc) is 3.02. The molecular weight excluding hydrogens is 286 g/mol. The fourth-order valence-corrected chi connectivity index (χ4v) is 3.73. The molecule has 1 aliphatic heterocycles. The number of hydrogen-bond acceptors (Lipinski definition) is 4. The molecule has 1 aliphatic rings. The summed E-state index contributed by atoms with van der Waals surface area (Å²) in [6, 6.07) is 3.48. The van der Waals surface area contributed by atoms with Crippen molar-refractivity contribution in [2.24, 2.45) is 0 Å². The molecule has 112 valence electrons. The van der Waals surface area contributed by atoms with Crippen LogP contribution in [0.4, 0.5) is 10.5 Å². The predicted octanol–water partition coefficient (Wildman–Crippen LogP) is 2.44. The largest absolute Gasteiger partial charge is 0.336 e. The number of anilines is 1. The molecule has 1 fully saturated rings. The SMILES string of the molecule is Cc1nc2ccc(NC(=O)NC[C@@]3(C)CCCS3)cn2n1. The molecule has 0 radical (unpaired) electrons. The molecule has 3 heterocycles. The van der Waals surface area contributed by atoms with Crippen LogP contribution in [0.25, 0.3) is 5.65 Å². The van der Waals surface area contributed by atoms with Crippen molar-refractivity contribution >= 4 is 29.1 Å². The van der Waals surface area contributed by atoms with E-state index >= 15 is 0 Å². The first-order valence-electron chi connectivity index (χ1n) is 7.06. The van der Waals surface area contributed by atoms with Crippen molar-refractivity contribution in [3.8, 4) is 0 Å². The first-order valence-corrected chi connectivity index (χ1v) is 8.05. The summed E-state index contributed by atoms with van der Waals surface area (Å²) < 4.78 is 1.84. The average molecular weight is 305 g/mol. The van der Waals surface area contributed by atoms with Crippen molar-refractivity contribution in [3.05, 3.63) is 24.2 Å². The highest BCUT2D eigenvalue weighted by Gasteiger charge is 2.29. The minimum absolute atomic E-state index is 0.171. The number of aryl methyl sites for hydroxylation is 1. The number of rotatable bonds is 3. The van der Waals surface area contributed by atoms with Crippen molar-refractivity contribution in [1.82, 2.24) is 19.9 Å². The Balaban J connectivity index is 1.60. The van der Waals surface area contributed by atoms with Crippen molar-refractivity contribution in [1.29, 1.82) is 0 Å². The van der Waals surface area contributed by atoms with Gasteiger partial charge in [-0.3, -0.25) is 0 Å². The Labute approximate surface area is 127 Å². The molecule has 0 aromatic carbocycles. The summed E-state index contributed by atoms with van der Waals surface area (Å²) in [5, 5.41) is 10.0. The van der Waals surface area contributed by atoms with Gasteiger partial charge in [-0.15, -0.1) is 0 Å². The molecule has 21 heavy (non-hydrogen) atoms. The first-order chi connectivity index (χ1) is 10.0. The topological polar surface area (TPSA) is 71.3 Å². The summed E-state index contributed by atoms with van der Waals surface area (Å²) >= 11 is 1.93. The number of pyridine rings is 1. The van der Waals surface area contributed by atoms with Gasteiger partial charge in [-0.2, -0.15) is 16.9 Å². The Morgan fingerprint density at radius 3 is 3.14 bits per heavy atom. The normalized spacial score (nSPS) is 21.6. The standard InChI is InChI=1S/C14H19N5OS/c1-10-16-12-5-4-11(8-19(12)18-10)17-13(20)15-9-14(2)6-3-7-21-14/h4-5,8H,3,6-7,9H2,1-2H3,(H2,15,17,20)/t14-/m1/s1. The zero-order chi connectivity index (χ0) is 14.9. The van der Waals surface area contributed by atoms with E-state index in [4.69, 9.17) is 0 Å². The molecule has 0 spiro atoms. The number of fused-ring (bicyclic) bond motifs is 1. The van der Waals surface area contributed by atoms with Gasteiger partial charge in [0.25, 0.3) is 0 Å². The number of urea groups is 1. The lowest BCUT2D eigenvalue weighted by atomic mass is 10.1. The minimum Gasteiger partial charge on any atom is -0.336 e. The Morgan fingerprint density at radius 2 is 2.38 bits per heavy atom. The van der Waals surface area contributed by atoms with Crippen LogP contribution in [0.3, 0.4) is 0 Å². The molecule has 2 aromatic rings. The van der Waals surface area contributed by atoms with Crippen LogP contribution in [0.5, 0.6) is 0 Å². The number of carbonyl (C=O) groups excluding carboxylic acids is 1. The van der Waals surface area contributed by atoms with Crippen molar-refractivity contribution < 1.29 is 4.79 Å². The summed E-state index contributed by atoms with van der Waals surface area (Å²) in [5.74, 6) is 1.89. The number of carbonyl (C=O) groups is 1. The highest BCUT2D eigenvalue weighted by Crippen LogP contribution is 2.36. The molecule has 0 aliphatic carbocycles. The van der Waals surface area contributed by atoms with E-state index in [0.29, 0.717) is 18.1 Å². The van der Waals surface area contributed by atoms with E-state index in [1.165, 1.54) is 12.2 Å². The lowest BCUT2D eigenvalue weighted by Crippen LogP contribution is -2.39. The number of nitrogens with one attached hydrogen (secondary N) is 2. The van der Waals surface area contributed by atoms with E-state index < -0.39 is 0 Å². The van der Waals surface area contributed by atoms with Crippen LogP contribution in [0.2, 0.25) is 0 Å². The van der Waals surface area contributed by atoms with Crippen LogP contribution >= 0.6 is 11.8 Å². The van der Waals surface area contributed by atoms with E-state index in [-0.39, 0.29) is 10.8 Å². The molecule has 2 N–H and O–H groups in total. The van der Waals surface area contributed by atoms with Gasteiger partial charge >= 0.3 is 6.03 Å². The zero-order valence-electron chi connectivity index (χ0n) is 12.2. The lowest BCUT2D eigenvalue weighted by molar-refractivity contribution is 0.251. The molecule has 0 bridgehead atoms. The van der Waals surface area contributed by atoms with Crippen LogP contribution in [-0.2, 0) is 0 Å². The third kappa shape index (κ3) is 3.29. The van der Waals surface area contributed by atoms with Crippen LogP contribution in [-0.4, -0.2) is 37.7 Å². The third-order valence-corrected chi connectivity index (χ3v) is 5.16. The van der Waals surface area contributed by atoms with Gasteiger partial charge < -0.3 is 10.6 Å². The molecular formula is C14H19N5OS. The van der Waals surface area contributed by atoms with Gasteiger partial charge in [0.05, 0.1) is 11.9 Å². The smallest absolute Gasteiger partial charge is 0.319 e. The zero-order valence-corrected chi connectivity index (χ0v) is 13.0. The van der Waals surface area contributed by atoms with Crippen LogP contribution in [0.1, 0.15) is 25.6 Å². The van der Waals surface area contributed by atoms with E-state index in [9.17, 15) is 4.79 Å². The molecule has 6 nitrogen and oxygen atoms in total. The number of hydrogen-bond donors (Lipinski definition) is 2. The predicted molar refractivity (Wildman–Crippen MR) is 84.8 cm³/mol. The summed E-state index contributed by atoms with van der Waals surface area (Å²) in [7, 11) is 0. The van der Waals surface area contributed by atoms with E-state index in [1.807, 2.05) is 30.8 Å². The minimum atomic E-state index is -0.181.